The monoisotopic (exact) mass is 402 g/mol. The van der Waals surface area contributed by atoms with E-state index < -0.39 is 15.9 Å². The zero-order chi connectivity index (χ0) is 20.3. The van der Waals surface area contributed by atoms with Gasteiger partial charge in [-0.1, -0.05) is 11.2 Å². The van der Waals surface area contributed by atoms with E-state index in [1.165, 1.54) is 33.3 Å². The van der Waals surface area contributed by atoms with Crippen LogP contribution in [0.3, 0.4) is 0 Å². The lowest BCUT2D eigenvalue weighted by atomic mass is 10.2. The number of hydrogen-bond donors (Lipinski definition) is 1. The van der Waals surface area contributed by atoms with Gasteiger partial charge in [0.15, 0.2) is 0 Å². The molecule has 1 aromatic heterocycles. The van der Waals surface area contributed by atoms with E-state index in [4.69, 9.17) is 9.15 Å². The summed E-state index contributed by atoms with van der Waals surface area (Å²) < 4.78 is 35.9. The van der Waals surface area contributed by atoms with Gasteiger partial charge >= 0.3 is 6.01 Å². The summed E-state index contributed by atoms with van der Waals surface area (Å²) in [5.74, 6) is 0.267. The molecule has 3 aromatic rings. The molecule has 146 valence electrons. The van der Waals surface area contributed by atoms with E-state index in [0.29, 0.717) is 16.9 Å². The Balaban J connectivity index is 1.76. The Hall–Kier alpha value is -3.24. The molecule has 3 rings (SSSR count). The average Bonchev–Trinajstić information content (AvgIpc) is 3.16. The van der Waals surface area contributed by atoms with Crippen LogP contribution in [0.4, 0.5) is 6.01 Å². The standard InChI is InChI=1S/C18H18N4O5S/c1-22(2)28(24,25)15-9-7-12(8-10-15)17-20-21-18(27-17)19-16(23)13-5-4-6-14(11-13)26-3/h4-11H,1-3H3,(H,19,21,23). The van der Waals surface area contributed by atoms with Crippen LogP contribution in [0.15, 0.2) is 57.8 Å². The number of hydrogen-bond acceptors (Lipinski definition) is 7. The summed E-state index contributed by atoms with van der Waals surface area (Å²) in [7, 11) is 0.901. The molecule has 0 bridgehead atoms. The Morgan fingerprint density at radius 3 is 2.46 bits per heavy atom. The molecule has 2 aromatic carbocycles. The number of carbonyl (C=O) groups excluding carboxylic acids is 1. The molecule has 10 heteroatoms. The van der Waals surface area contributed by atoms with Crippen LogP contribution in [0.1, 0.15) is 10.4 Å². The number of ether oxygens (including phenoxy) is 1. The highest BCUT2D eigenvalue weighted by atomic mass is 32.2. The van der Waals surface area contributed by atoms with E-state index in [1.54, 1.807) is 36.4 Å². The van der Waals surface area contributed by atoms with Gasteiger partial charge in [0.25, 0.3) is 5.91 Å². The van der Waals surface area contributed by atoms with Crippen molar-refractivity contribution in [3.8, 4) is 17.2 Å². The number of sulfonamides is 1. The minimum atomic E-state index is -3.52. The predicted molar refractivity (Wildman–Crippen MR) is 102 cm³/mol. The van der Waals surface area contributed by atoms with E-state index in [2.05, 4.69) is 15.5 Å². The van der Waals surface area contributed by atoms with Crippen LogP contribution in [-0.4, -0.2) is 50.0 Å². The zero-order valence-electron chi connectivity index (χ0n) is 15.4. The van der Waals surface area contributed by atoms with Crippen LogP contribution in [0, 0.1) is 0 Å². The molecule has 0 aliphatic heterocycles. The summed E-state index contributed by atoms with van der Waals surface area (Å²) in [5, 5.41) is 10.2. The van der Waals surface area contributed by atoms with Gasteiger partial charge in [-0.15, -0.1) is 5.10 Å². The largest absolute Gasteiger partial charge is 0.497 e. The number of nitrogens with zero attached hydrogens (tertiary/aromatic N) is 3. The Labute approximate surface area is 162 Å². The highest BCUT2D eigenvalue weighted by Crippen LogP contribution is 2.23. The maximum Gasteiger partial charge on any atom is 0.322 e. The van der Waals surface area contributed by atoms with E-state index in [-0.39, 0.29) is 16.8 Å². The van der Waals surface area contributed by atoms with Crippen LogP contribution >= 0.6 is 0 Å². The lowest BCUT2D eigenvalue weighted by molar-refractivity contribution is 0.102. The normalized spacial score (nSPS) is 11.4. The van der Waals surface area contributed by atoms with Gasteiger partial charge in [-0.25, -0.2) is 12.7 Å². The van der Waals surface area contributed by atoms with E-state index in [1.807, 2.05) is 0 Å². The molecule has 0 atom stereocenters. The van der Waals surface area contributed by atoms with E-state index >= 15 is 0 Å². The van der Waals surface area contributed by atoms with Crippen molar-refractivity contribution < 1.29 is 22.4 Å². The highest BCUT2D eigenvalue weighted by Gasteiger charge is 2.18. The van der Waals surface area contributed by atoms with Gasteiger partial charge in [-0.3, -0.25) is 10.1 Å². The van der Waals surface area contributed by atoms with Gasteiger partial charge in [0.05, 0.1) is 12.0 Å². The maximum atomic E-state index is 12.3. The van der Waals surface area contributed by atoms with Crippen molar-refractivity contribution in [2.75, 3.05) is 26.5 Å². The van der Waals surface area contributed by atoms with Crippen molar-refractivity contribution in [2.24, 2.45) is 0 Å². The third-order valence-corrected chi connectivity index (χ3v) is 5.69. The van der Waals surface area contributed by atoms with Crippen molar-refractivity contribution in [1.29, 1.82) is 0 Å². The molecule has 0 aliphatic rings. The fourth-order valence-corrected chi connectivity index (χ4v) is 3.21. The number of methoxy groups -OCH3 is 1. The zero-order valence-corrected chi connectivity index (χ0v) is 16.2. The summed E-state index contributed by atoms with van der Waals surface area (Å²) in [6.45, 7) is 0. The molecule has 0 fully saturated rings. The number of benzene rings is 2. The lowest BCUT2D eigenvalue weighted by Crippen LogP contribution is -2.22. The number of aromatic nitrogens is 2. The van der Waals surface area contributed by atoms with Crippen molar-refractivity contribution in [2.45, 2.75) is 4.90 Å². The van der Waals surface area contributed by atoms with Gasteiger partial charge in [-0.05, 0) is 42.5 Å². The van der Waals surface area contributed by atoms with Gasteiger partial charge < -0.3 is 9.15 Å². The second-order valence-corrected chi connectivity index (χ2v) is 8.06. The summed E-state index contributed by atoms with van der Waals surface area (Å²) in [4.78, 5) is 12.4. The number of rotatable bonds is 6. The molecule has 28 heavy (non-hydrogen) atoms. The van der Waals surface area contributed by atoms with Crippen LogP contribution in [-0.2, 0) is 10.0 Å². The van der Waals surface area contributed by atoms with E-state index in [9.17, 15) is 13.2 Å². The SMILES string of the molecule is COc1cccc(C(=O)Nc2nnc(-c3ccc(S(=O)(=O)N(C)C)cc3)o2)c1. The first-order valence-electron chi connectivity index (χ1n) is 8.13. The first kappa shape index (κ1) is 19.5. The fraction of sp³-hybridized carbons (Fsp3) is 0.167. The molecule has 0 aliphatic carbocycles. The van der Waals surface area contributed by atoms with Crippen molar-refractivity contribution in [3.05, 3.63) is 54.1 Å². The molecule has 0 unspecified atom stereocenters. The van der Waals surface area contributed by atoms with Gasteiger partial charge in [0, 0.05) is 25.2 Å². The number of anilines is 1. The second kappa shape index (κ2) is 7.79. The molecule has 0 radical (unpaired) electrons. The third-order valence-electron chi connectivity index (χ3n) is 3.86. The van der Waals surface area contributed by atoms with Crippen LogP contribution < -0.4 is 10.1 Å². The van der Waals surface area contributed by atoms with Crippen LogP contribution in [0.5, 0.6) is 5.75 Å². The molecular formula is C18H18N4O5S. The van der Waals surface area contributed by atoms with Crippen molar-refractivity contribution >= 4 is 21.9 Å². The fourth-order valence-electron chi connectivity index (χ4n) is 2.30. The smallest absolute Gasteiger partial charge is 0.322 e. The molecular weight excluding hydrogens is 384 g/mol. The van der Waals surface area contributed by atoms with Crippen molar-refractivity contribution in [1.82, 2.24) is 14.5 Å². The Morgan fingerprint density at radius 2 is 1.82 bits per heavy atom. The Morgan fingerprint density at radius 1 is 1.11 bits per heavy atom. The summed E-state index contributed by atoms with van der Waals surface area (Å²) in [6, 6.07) is 12.5. The summed E-state index contributed by atoms with van der Waals surface area (Å²) >= 11 is 0. The van der Waals surface area contributed by atoms with E-state index in [0.717, 1.165) is 4.31 Å². The third kappa shape index (κ3) is 4.02. The first-order valence-corrected chi connectivity index (χ1v) is 9.57. The second-order valence-electron chi connectivity index (χ2n) is 5.91. The quantitative estimate of drug-likeness (QED) is 0.672. The topological polar surface area (TPSA) is 115 Å². The Kier molecular flexibility index (Phi) is 5.43. The molecule has 0 saturated heterocycles. The summed E-state index contributed by atoms with van der Waals surface area (Å²) in [5.41, 5.74) is 0.893. The summed E-state index contributed by atoms with van der Waals surface area (Å²) in [6.07, 6.45) is 0. The minimum absolute atomic E-state index is 0.0761. The number of carbonyl (C=O) groups is 1. The average molecular weight is 402 g/mol. The van der Waals surface area contributed by atoms with Crippen LogP contribution in [0.2, 0.25) is 0 Å². The lowest BCUT2D eigenvalue weighted by Gasteiger charge is -2.11. The first-order chi connectivity index (χ1) is 13.3. The predicted octanol–water partition coefficient (Wildman–Crippen LogP) is 2.25. The van der Waals surface area contributed by atoms with Crippen molar-refractivity contribution in [3.63, 3.8) is 0 Å². The van der Waals surface area contributed by atoms with Gasteiger partial charge in [-0.2, -0.15) is 0 Å². The molecule has 9 nitrogen and oxygen atoms in total. The number of amides is 1. The van der Waals surface area contributed by atoms with Gasteiger partial charge in [0.2, 0.25) is 15.9 Å². The molecule has 1 heterocycles. The maximum absolute atomic E-state index is 12.3. The molecule has 1 amide bonds. The van der Waals surface area contributed by atoms with Gasteiger partial charge in [0.1, 0.15) is 5.75 Å². The Bertz CT molecular complexity index is 1090. The molecule has 0 spiro atoms. The number of nitrogens with one attached hydrogen (secondary N) is 1. The molecule has 1 N–H and O–H groups in total. The minimum Gasteiger partial charge on any atom is -0.497 e. The molecule has 0 saturated carbocycles. The van der Waals surface area contributed by atoms with Crippen LogP contribution in [0.25, 0.3) is 11.5 Å². The highest BCUT2D eigenvalue weighted by molar-refractivity contribution is 7.89.